The zero-order valence-corrected chi connectivity index (χ0v) is 13.7. The van der Waals surface area contributed by atoms with Crippen LogP contribution >= 0.6 is 0 Å². The Kier molecular flexibility index (Phi) is 3.05. The summed E-state index contributed by atoms with van der Waals surface area (Å²) in [5, 5.41) is 9.95. The lowest BCUT2D eigenvalue weighted by molar-refractivity contribution is -0.180. The molecule has 0 aromatic carbocycles. The average molecular weight is 322 g/mol. The molecule has 3 saturated carbocycles. The van der Waals surface area contributed by atoms with Gasteiger partial charge in [-0.15, -0.1) is 0 Å². The van der Waals surface area contributed by atoms with Crippen molar-refractivity contribution in [3.63, 3.8) is 0 Å². The molecule has 0 spiro atoms. The van der Waals surface area contributed by atoms with E-state index < -0.39 is 17.4 Å². The van der Waals surface area contributed by atoms with Gasteiger partial charge in [-0.3, -0.25) is 4.79 Å². The number of aliphatic hydroxyl groups excluding tert-OH is 1. The SMILES string of the molecule is C[C@]12C=CC(=O)C=C1CC[C@@H]1[C@@H]2CC[C@@]2(C)[C@H]1CC(O)C2(F)F. The monoisotopic (exact) mass is 322 g/mol. The van der Waals surface area contributed by atoms with Crippen LogP contribution in [-0.2, 0) is 4.79 Å². The van der Waals surface area contributed by atoms with E-state index in [2.05, 4.69) is 6.92 Å². The summed E-state index contributed by atoms with van der Waals surface area (Å²) in [5.74, 6) is -2.57. The Bertz CT molecular complexity index is 623. The quantitative estimate of drug-likeness (QED) is 0.734. The lowest BCUT2D eigenvalue weighted by Crippen LogP contribution is -2.52. The maximum Gasteiger partial charge on any atom is 0.278 e. The van der Waals surface area contributed by atoms with E-state index in [1.54, 1.807) is 19.1 Å². The first-order valence-corrected chi connectivity index (χ1v) is 8.70. The molecule has 0 aliphatic heterocycles. The molecule has 0 heterocycles. The van der Waals surface area contributed by atoms with E-state index >= 15 is 0 Å². The Balaban J connectivity index is 1.72. The highest BCUT2D eigenvalue weighted by atomic mass is 19.3. The van der Waals surface area contributed by atoms with Crippen LogP contribution in [0.2, 0.25) is 0 Å². The number of carbonyl (C=O) groups excluding carboxylic acids is 1. The van der Waals surface area contributed by atoms with E-state index in [-0.39, 0.29) is 29.5 Å². The molecule has 6 atom stereocenters. The Hall–Kier alpha value is -1.03. The fourth-order valence-corrected chi connectivity index (χ4v) is 6.14. The van der Waals surface area contributed by atoms with Gasteiger partial charge in [-0.2, -0.15) is 0 Å². The molecule has 0 aromatic rings. The Morgan fingerprint density at radius 1 is 1.22 bits per heavy atom. The molecular formula is C19H24F2O2. The summed E-state index contributed by atoms with van der Waals surface area (Å²) in [4.78, 5) is 11.7. The minimum absolute atomic E-state index is 0.0411. The van der Waals surface area contributed by atoms with Gasteiger partial charge in [0.25, 0.3) is 5.92 Å². The highest BCUT2D eigenvalue weighted by Crippen LogP contribution is 2.68. The topological polar surface area (TPSA) is 37.3 Å². The van der Waals surface area contributed by atoms with E-state index in [4.69, 9.17) is 0 Å². The van der Waals surface area contributed by atoms with Crippen LogP contribution < -0.4 is 0 Å². The van der Waals surface area contributed by atoms with Crippen molar-refractivity contribution in [3.05, 3.63) is 23.8 Å². The van der Waals surface area contributed by atoms with E-state index in [0.29, 0.717) is 12.3 Å². The van der Waals surface area contributed by atoms with Crippen LogP contribution in [0.25, 0.3) is 0 Å². The number of hydrogen-bond donors (Lipinski definition) is 1. The second-order valence-corrected chi connectivity index (χ2v) is 8.43. The van der Waals surface area contributed by atoms with Crippen LogP contribution in [0.3, 0.4) is 0 Å². The number of rotatable bonds is 0. The highest BCUT2D eigenvalue weighted by molar-refractivity contribution is 6.01. The first-order chi connectivity index (χ1) is 10.7. The zero-order chi connectivity index (χ0) is 16.6. The van der Waals surface area contributed by atoms with Crippen molar-refractivity contribution in [1.29, 1.82) is 0 Å². The van der Waals surface area contributed by atoms with Gasteiger partial charge in [-0.1, -0.05) is 25.5 Å². The first kappa shape index (κ1) is 15.5. The van der Waals surface area contributed by atoms with Gasteiger partial charge in [0.15, 0.2) is 5.78 Å². The number of alkyl halides is 2. The van der Waals surface area contributed by atoms with Gasteiger partial charge >= 0.3 is 0 Å². The fourth-order valence-electron chi connectivity index (χ4n) is 6.14. The molecule has 0 saturated heterocycles. The molecule has 0 radical (unpaired) electrons. The molecule has 2 nitrogen and oxygen atoms in total. The summed E-state index contributed by atoms with van der Waals surface area (Å²) < 4.78 is 29.2. The van der Waals surface area contributed by atoms with Crippen LogP contribution in [0.1, 0.15) is 46.0 Å². The molecular weight excluding hydrogens is 298 g/mol. The van der Waals surface area contributed by atoms with E-state index in [1.807, 2.05) is 6.08 Å². The third-order valence-corrected chi connectivity index (χ3v) is 7.60. The van der Waals surface area contributed by atoms with Crippen molar-refractivity contribution < 1.29 is 18.7 Å². The molecule has 0 amide bonds. The largest absolute Gasteiger partial charge is 0.387 e. The minimum Gasteiger partial charge on any atom is -0.387 e. The molecule has 0 aromatic heterocycles. The van der Waals surface area contributed by atoms with Crippen molar-refractivity contribution in [2.75, 3.05) is 0 Å². The second kappa shape index (κ2) is 4.53. The Labute approximate surface area is 135 Å². The van der Waals surface area contributed by atoms with Crippen molar-refractivity contribution in [2.45, 2.75) is 58.0 Å². The van der Waals surface area contributed by atoms with Crippen molar-refractivity contribution in [2.24, 2.45) is 28.6 Å². The average Bonchev–Trinajstić information content (AvgIpc) is 2.67. The molecule has 23 heavy (non-hydrogen) atoms. The number of carbonyl (C=O) groups is 1. The molecule has 3 fully saturated rings. The second-order valence-electron chi connectivity index (χ2n) is 8.43. The number of hydrogen-bond acceptors (Lipinski definition) is 2. The third kappa shape index (κ3) is 1.79. The number of fused-ring (bicyclic) bond motifs is 5. The lowest BCUT2D eigenvalue weighted by atomic mass is 9.48. The van der Waals surface area contributed by atoms with Gasteiger partial charge in [0.2, 0.25) is 0 Å². The number of aliphatic hydroxyl groups is 1. The molecule has 1 unspecified atom stereocenters. The summed E-state index contributed by atoms with van der Waals surface area (Å²) in [6, 6.07) is 0. The molecule has 126 valence electrons. The van der Waals surface area contributed by atoms with Gasteiger partial charge in [-0.25, -0.2) is 8.78 Å². The fraction of sp³-hybridized carbons (Fsp3) is 0.737. The molecule has 4 aliphatic rings. The molecule has 4 heteroatoms. The summed E-state index contributed by atoms with van der Waals surface area (Å²) in [5.41, 5.74) is -0.0967. The predicted octanol–water partition coefficient (Wildman–Crippen LogP) is 3.90. The Morgan fingerprint density at radius 3 is 2.70 bits per heavy atom. The molecule has 4 rings (SSSR count). The van der Waals surface area contributed by atoms with Gasteiger partial charge < -0.3 is 5.11 Å². The van der Waals surface area contributed by atoms with Crippen LogP contribution in [0.15, 0.2) is 23.8 Å². The molecule has 0 bridgehead atoms. The summed E-state index contributed by atoms with van der Waals surface area (Å²) in [6.07, 6.45) is 6.96. The van der Waals surface area contributed by atoms with E-state index in [0.717, 1.165) is 19.3 Å². The van der Waals surface area contributed by atoms with Crippen LogP contribution in [0.4, 0.5) is 8.78 Å². The Morgan fingerprint density at radius 2 is 1.96 bits per heavy atom. The first-order valence-electron chi connectivity index (χ1n) is 8.70. The van der Waals surface area contributed by atoms with Gasteiger partial charge in [0.1, 0.15) is 6.10 Å². The maximum absolute atomic E-state index is 14.6. The van der Waals surface area contributed by atoms with E-state index in [9.17, 15) is 18.7 Å². The number of ketones is 1. The van der Waals surface area contributed by atoms with Gasteiger partial charge in [0, 0.05) is 10.8 Å². The third-order valence-electron chi connectivity index (χ3n) is 7.60. The van der Waals surface area contributed by atoms with Crippen LogP contribution in [0.5, 0.6) is 0 Å². The zero-order valence-electron chi connectivity index (χ0n) is 13.7. The predicted molar refractivity (Wildman–Crippen MR) is 83.0 cm³/mol. The van der Waals surface area contributed by atoms with Crippen LogP contribution in [0, 0.1) is 28.6 Å². The molecule has 4 aliphatic carbocycles. The summed E-state index contributed by atoms with van der Waals surface area (Å²) in [7, 11) is 0. The lowest BCUT2D eigenvalue weighted by Gasteiger charge is -2.56. The normalized spacial score (nSPS) is 50.8. The van der Waals surface area contributed by atoms with Crippen molar-refractivity contribution in [3.8, 4) is 0 Å². The number of allylic oxidation sites excluding steroid dienone is 4. The van der Waals surface area contributed by atoms with Crippen molar-refractivity contribution in [1.82, 2.24) is 0 Å². The van der Waals surface area contributed by atoms with Crippen molar-refractivity contribution >= 4 is 5.78 Å². The summed E-state index contributed by atoms with van der Waals surface area (Å²) >= 11 is 0. The smallest absolute Gasteiger partial charge is 0.278 e. The maximum atomic E-state index is 14.6. The van der Waals surface area contributed by atoms with Crippen LogP contribution in [-0.4, -0.2) is 22.9 Å². The van der Waals surface area contributed by atoms with Gasteiger partial charge in [-0.05, 0) is 62.0 Å². The molecule has 1 N–H and O–H groups in total. The highest BCUT2D eigenvalue weighted by Gasteiger charge is 2.69. The van der Waals surface area contributed by atoms with Gasteiger partial charge in [0.05, 0.1) is 0 Å². The van der Waals surface area contributed by atoms with E-state index in [1.165, 1.54) is 5.57 Å². The summed E-state index contributed by atoms with van der Waals surface area (Å²) in [6.45, 7) is 3.84. The standard InChI is InChI=1S/C19H24F2O2/c1-17-7-5-12(22)9-11(17)3-4-13-14(17)6-8-18(2)15(13)10-16(23)19(18,20)21/h5,7,9,13-16,23H,3-4,6,8,10H2,1-2H3/t13-,14+,15+,16?,17+,18+/m1/s1. The minimum atomic E-state index is -2.99. The number of halogens is 2.